The molecule has 2 rings (SSSR count). The Bertz CT molecular complexity index is 2610. The van der Waals surface area contributed by atoms with Gasteiger partial charge in [0.25, 0.3) is 0 Å². The highest BCUT2D eigenvalue weighted by molar-refractivity contribution is 5.99. The molecule has 0 aliphatic carbocycles. The van der Waals surface area contributed by atoms with Crippen LogP contribution in [-0.2, 0) is 75.2 Å². The van der Waals surface area contributed by atoms with Crippen LogP contribution >= 0.6 is 0 Å². The molecule has 85 heavy (non-hydrogen) atoms. The third kappa shape index (κ3) is 27.2. The third-order valence-corrected chi connectivity index (χ3v) is 13.3. The highest BCUT2D eigenvalue weighted by Crippen LogP contribution is 2.14. The van der Waals surface area contributed by atoms with E-state index in [4.69, 9.17) is 17.2 Å². The Morgan fingerprint density at radius 2 is 0.859 bits per heavy atom. The molecular weight excluding hydrogens is 1110 g/mol. The number of carbonyl (C=O) groups is 13. The Labute approximate surface area is 493 Å². The number of rotatable bonds is 39. The number of benzene rings is 2. The normalized spacial score (nSPS) is 14.7. The molecule has 10 amide bonds. The van der Waals surface area contributed by atoms with Gasteiger partial charge < -0.3 is 80.4 Å². The lowest BCUT2D eigenvalue weighted by Crippen LogP contribution is -2.61. The van der Waals surface area contributed by atoms with Gasteiger partial charge in [-0.3, -0.25) is 57.5 Å². The van der Waals surface area contributed by atoms with Crippen LogP contribution in [0.2, 0.25) is 0 Å². The summed E-state index contributed by atoms with van der Waals surface area (Å²) in [7, 11) is 0. The van der Waals surface area contributed by atoms with Crippen LogP contribution in [0.15, 0.2) is 60.7 Å². The summed E-state index contributed by atoms with van der Waals surface area (Å²) in [5.41, 5.74) is 18.0. The minimum absolute atomic E-state index is 0.0776. The molecule has 28 heteroatoms. The summed E-state index contributed by atoms with van der Waals surface area (Å²) in [6.07, 6.45) is -1.78. The first-order valence-corrected chi connectivity index (χ1v) is 28.2. The van der Waals surface area contributed by atoms with Gasteiger partial charge in [-0.15, -0.1) is 0 Å². The van der Waals surface area contributed by atoms with Gasteiger partial charge in [-0.1, -0.05) is 102 Å². The molecular formula is C57H86N12O16. The van der Waals surface area contributed by atoms with Gasteiger partial charge in [-0.25, -0.2) is 4.79 Å². The van der Waals surface area contributed by atoms with Crippen LogP contribution in [0.1, 0.15) is 117 Å². The molecule has 0 fully saturated rings. The molecule has 0 bridgehead atoms. The molecule has 18 N–H and O–H groups in total. The number of carboxylic acids is 3. The first-order chi connectivity index (χ1) is 39.9. The van der Waals surface area contributed by atoms with E-state index in [1.165, 1.54) is 20.8 Å². The number of primary amides is 1. The van der Waals surface area contributed by atoms with Gasteiger partial charge in [-0.2, -0.15) is 0 Å². The molecule has 0 saturated carbocycles. The predicted octanol–water partition coefficient (Wildman–Crippen LogP) is -1.64. The van der Waals surface area contributed by atoms with Gasteiger partial charge in [0.05, 0.1) is 12.5 Å². The number of amides is 10. The summed E-state index contributed by atoms with van der Waals surface area (Å²) in [5, 5.41) is 51.1. The smallest absolute Gasteiger partial charge is 0.326 e. The number of hydrogen-bond donors (Lipinski definition) is 15. The van der Waals surface area contributed by atoms with Crippen LogP contribution < -0.4 is 65.1 Å². The largest absolute Gasteiger partial charge is 0.481 e. The average molecular weight is 1200 g/mol. The van der Waals surface area contributed by atoms with E-state index in [0.717, 1.165) is 0 Å². The van der Waals surface area contributed by atoms with Crippen molar-refractivity contribution in [1.82, 2.24) is 47.9 Å². The lowest BCUT2D eigenvalue weighted by atomic mass is 9.98. The van der Waals surface area contributed by atoms with Crippen molar-refractivity contribution in [2.45, 2.75) is 180 Å². The molecule has 0 unspecified atom stereocenters. The standard InChI is InChI=1S/C57H86N12O16/c1-30(2)26-39(64-50(77)37(20-14-15-25-58)63-49(76)36(59)21-23-43(60)70)54(81)68-46(31(3)4)56(83)67-41(28-35-18-12-9-13-19-35)53(80)65-40(27-34-16-10-8-11-17-34)52(79)61-33(7)48(75)62-38(22-24-44(71)72)51(78)66-42(29-45(73)74)55(82)69-47(32(5)6)57(84)85/h8-13,16-19,30-33,36-42,46-47H,14-15,20-29,58-59H2,1-7H3,(H2,60,70)(H,61,79)(H,62,75)(H,63,76)(H,64,77)(H,65,80)(H,66,78)(H,67,83)(H,68,81)(H,69,82)(H,71,72)(H,73,74)(H,84,85)/t33-,36-,37-,38-,39-,40-,41-,42-,46-,47-/m0/s1. The van der Waals surface area contributed by atoms with E-state index in [0.29, 0.717) is 30.5 Å². The second-order valence-corrected chi connectivity index (χ2v) is 21.8. The van der Waals surface area contributed by atoms with E-state index in [1.54, 1.807) is 88.4 Å². The number of unbranched alkanes of at least 4 members (excludes halogenated alkanes) is 1. The number of nitrogens with one attached hydrogen (secondary N) is 9. The molecule has 0 aliphatic heterocycles. The fourth-order valence-electron chi connectivity index (χ4n) is 8.52. The Morgan fingerprint density at radius 3 is 1.33 bits per heavy atom. The average Bonchev–Trinajstić information content (AvgIpc) is 3.51. The van der Waals surface area contributed by atoms with Gasteiger partial charge >= 0.3 is 17.9 Å². The van der Waals surface area contributed by atoms with Gasteiger partial charge in [0.2, 0.25) is 59.1 Å². The molecule has 0 spiro atoms. The zero-order chi connectivity index (χ0) is 64.1. The zero-order valence-electron chi connectivity index (χ0n) is 49.1. The van der Waals surface area contributed by atoms with E-state index >= 15 is 0 Å². The van der Waals surface area contributed by atoms with Crippen molar-refractivity contribution in [3.8, 4) is 0 Å². The van der Waals surface area contributed by atoms with Crippen molar-refractivity contribution in [3.05, 3.63) is 71.8 Å². The molecule has 28 nitrogen and oxygen atoms in total. The van der Waals surface area contributed by atoms with Gasteiger partial charge in [0.1, 0.15) is 54.4 Å². The maximum atomic E-state index is 14.6. The van der Waals surface area contributed by atoms with E-state index in [9.17, 15) is 77.6 Å². The zero-order valence-corrected chi connectivity index (χ0v) is 49.1. The second-order valence-electron chi connectivity index (χ2n) is 21.8. The summed E-state index contributed by atoms with van der Waals surface area (Å²) in [4.78, 5) is 172. The molecule has 0 radical (unpaired) electrons. The van der Waals surface area contributed by atoms with Crippen LogP contribution in [0, 0.1) is 17.8 Å². The van der Waals surface area contributed by atoms with E-state index in [1.807, 2.05) is 0 Å². The van der Waals surface area contributed by atoms with Crippen molar-refractivity contribution in [1.29, 1.82) is 0 Å². The van der Waals surface area contributed by atoms with E-state index in [-0.39, 0.29) is 44.4 Å². The molecule has 0 saturated heterocycles. The summed E-state index contributed by atoms with van der Waals surface area (Å²) < 4.78 is 0. The lowest BCUT2D eigenvalue weighted by molar-refractivity contribution is -0.144. The summed E-state index contributed by atoms with van der Waals surface area (Å²) >= 11 is 0. The van der Waals surface area contributed by atoms with Crippen molar-refractivity contribution in [2.75, 3.05) is 6.54 Å². The quantitative estimate of drug-likeness (QED) is 0.0334. The van der Waals surface area contributed by atoms with Crippen LogP contribution in [0.5, 0.6) is 0 Å². The first-order valence-electron chi connectivity index (χ1n) is 28.2. The molecule has 10 atom stereocenters. The summed E-state index contributed by atoms with van der Waals surface area (Å²) in [6, 6.07) is 2.43. The fraction of sp³-hybridized carbons (Fsp3) is 0.561. The highest BCUT2D eigenvalue weighted by Gasteiger charge is 2.37. The predicted molar refractivity (Wildman–Crippen MR) is 309 cm³/mol. The molecule has 2 aromatic carbocycles. The van der Waals surface area contributed by atoms with Gasteiger partial charge in [-0.05, 0) is 80.9 Å². The summed E-state index contributed by atoms with van der Waals surface area (Å²) in [6.45, 7) is 11.3. The topological polar surface area (TPSA) is 469 Å². The maximum Gasteiger partial charge on any atom is 0.326 e. The minimum atomic E-state index is -1.88. The number of carbonyl (C=O) groups excluding carboxylic acids is 10. The Balaban J connectivity index is 2.48. The van der Waals surface area contributed by atoms with Crippen molar-refractivity contribution < 1.29 is 77.6 Å². The van der Waals surface area contributed by atoms with Crippen LogP contribution in [0.4, 0.5) is 0 Å². The summed E-state index contributed by atoms with van der Waals surface area (Å²) in [5.74, 6) is -14.9. The molecule has 0 heterocycles. The van der Waals surface area contributed by atoms with Crippen molar-refractivity contribution in [3.63, 3.8) is 0 Å². The van der Waals surface area contributed by atoms with Crippen molar-refractivity contribution in [2.24, 2.45) is 35.0 Å². The Morgan fingerprint density at radius 1 is 0.435 bits per heavy atom. The van der Waals surface area contributed by atoms with Crippen LogP contribution in [-0.4, -0.2) is 159 Å². The molecule has 2 aromatic rings. The third-order valence-electron chi connectivity index (χ3n) is 13.3. The highest BCUT2D eigenvalue weighted by atomic mass is 16.4. The second kappa shape index (κ2) is 36.9. The van der Waals surface area contributed by atoms with Gasteiger partial charge in [0, 0.05) is 25.7 Å². The molecule has 0 aromatic heterocycles. The van der Waals surface area contributed by atoms with Crippen LogP contribution in [0.3, 0.4) is 0 Å². The lowest BCUT2D eigenvalue weighted by Gasteiger charge is -2.29. The number of aliphatic carboxylic acids is 3. The number of hydrogen-bond acceptors (Lipinski definition) is 15. The van der Waals surface area contributed by atoms with E-state index < -0.39 is 168 Å². The first kappa shape index (κ1) is 72.6. The SMILES string of the molecule is CC(C)C[C@H](NC(=O)[C@H](CCCCN)NC(=O)[C@@H](N)CCC(N)=O)C(=O)N[C@H](C(=O)N[C@@H](Cc1ccccc1)C(=O)N[C@@H](Cc1ccccc1)C(=O)N[C@@H](C)C(=O)N[C@@H](CCC(=O)O)C(=O)N[C@@H](CC(=O)O)C(=O)N[C@H](C(=O)O)C(C)C)C(C)C. The monoisotopic (exact) mass is 1190 g/mol. The minimum Gasteiger partial charge on any atom is -0.481 e. The Kier molecular flexibility index (Phi) is 31.5. The van der Waals surface area contributed by atoms with E-state index in [2.05, 4.69) is 47.9 Å². The number of carboxylic acid groups (broad SMARTS) is 3. The molecule has 0 aliphatic rings. The molecule has 470 valence electrons. The maximum absolute atomic E-state index is 14.6. The van der Waals surface area contributed by atoms with Crippen LogP contribution in [0.25, 0.3) is 0 Å². The fourth-order valence-corrected chi connectivity index (χ4v) is 8.52. The number of nitrogens with two attached hydrogens (primary N) is 3. The van der Waals surface area contributed by atoms with Crippen molar-refractivity contribution >= 4 is 77.0 Å². The Hall–Kier alpha value is -8.53. The van der Waals surface area contributed by atoms with Gasteiger partial charge in [0.15, 0.2) is 0 Å².